The van der Waals surface area contributed by atoms with Gasteiger partial charge in [-0.05, 0) is 46.2 Å². The third-order valence-corrected chi connectivity index (χ3v) is 3.07. The Morgan fingerprint density at radius 1 is 1.27 bits per heavy atom. The van der Waals surface area contributed by atoms with Crippen LogP contribution in [-0.2, 0) is 0 Å². The SMILES string of the molecule is N[C@@H](c1ccsc1)c1cc(F)cc(Cl)c1. The molecule has 0 aliphatic rings. The minimum atomic E-state index is -0.358. The molecule has 0 aliphatic heterocycles. The van der Waals surface area contributed by atoms with Crippen molar-refractivity contribution in [3.8, 4) is 0 Å². The Morgan fingerprint density at radius 2 is 2.07 bits per heavy atom. The quantitative estimate of drug-likeness (QED) is 0.855. The first-order valence-corrected chi connectivity index (χ1v) is 5.72. The van der Waals surface area contributed by atoms with Gasteiger partial charge in [0.2, 0.25) is 0 Å². The van der Waals surface area contributed by atoms with Gasteiger partial charge in [-0.3, -0.25) is 0 Å². The first kappa shape index (κ1) is 10.6. The van der Waals surface area contributed by atoms with E-state index in [9.17, 15) is 4.39 Å². The van der Waals surface area contributed by atoms with Gasteiger partial charge in [-0.15, -0.1) is 0 Å². The fourth-order valence-electron chi connectivity index (χ4n) is 1.40. The lowest BCUT2D eigenvalue weighted by Gasteiger charge is -2.10. The largest absolute Gasteiger partial charge is 0.320 e. The van der Waals surface area contributed by atoms with E-state index < -0.39 is 0 Å². The van der Waals surface area contributed by atoms with Gasteiger partial charge < -0.3 is 5.73 Å². The number of hydrogen-bond acceptors (Lipinski definition) is 2. The van der Waals surface area contributed by atoms with E-state index in [0.29, 0.717) is 10.6 Å². The van der Waals surface area contributed by atoms with Crippen LogP contribution in [0.2, 0.25) is 5.02 Å². The zero-order valence-corrected chi connectivity index (χ0v) is 9.36. The molecular weight excluding hydrogens is 233 g/mol. The van der Waals surface area contributed by atoms with E-state index in [2.05, 4.69) is 0 Å². The third-order valence-electron chi connectivity index (χ3n) is 2.15. The second kappa shape index (κ2) is 4.31. The molecule has 0 fully saturated rings. The Kier molecular flexibility index (Phi) is 3.05. The number of hydrogen-bond donors (Lipinski definition) is 1. The molecule has 2 rings (SSSR count). The number of thiophene rings is 1. The van der Waals surface area contributed by atoms with Crippen molar-refractivity contribution >= 4 is 22.9 Å². The number of rotatable bonds is 2. The van der Waals surface area contributed by atoms with Crippen molar-refractivity contribution in [1.29, 1.82) is 0 Å². The molecule has 0 radical (unpaired) electrons. The number of halogens is 2. The summed E-state index contributed by atoms with van der Waals surface area (Å²) in [5, 5.41) is 4.26. The maximum absolute atomic E-state index is 13.1. The van der Waals surface area contributed by atoms with E-state index >= 15 is 0 Å². The summed E-state index contributed by atoms with van der Waals surface area (Å²) in [4.78, 5) is 0. The van der Waals surface area contributed by atoms with E-state index in [0.717, 1.165) is 5.56 Å². The molecule has 1 aromatic heterocycles. The molecule has 4 heteroatoms. The molecule has 78 valence electrons. The topological polar surface area (TPSA) is 26.0 Å². The maximum Gasteiger partial charge on any atom is 0.125 e. The molecule has 15 heavy (non-hydrogen) atoms. The van der Waals surface area contributed by atoms with Crippen LogP contribution in [0, 0.1) is 5.82 Å². The predicted molar refractivity (Wildman–Crippen MR) is 61.8 cm³/mol. The Morgan fingerprint density at radius 3 is 2.67 bits per heavy atom. The summed E-state index contributed by atoms with van der Waals surface area (Å²) in [6.07, 6.45) is 0. The van der Waals surface area contributed by atoms with Crippen molar-refractivity contribution in [3.05, 3.63) is 57.0 Å². The average molecular weight is 242 g/mol. The van der Waals surface area contributed by atoms with Crippen LogP contribution in [0.1, 0.15) is 17.2 Å². The van der Waals surface area contributed by atoms with E-state index in [-0.39, 0.29) is 11.9 Å². The molecule has 1 nitrogen and oxygen atoms in total. The van der Waals surface area contributed by atoms with Crippen molar-refractivity contribution in [2.45, 2.75) is 6.04 Å². The molecular formula is C11H9ClFNS. The molecule has 1 atom stereocenters. The second-order valence-electron chi connectivity index (χ2n) is 3.24. The fraction of sp³-hybridized carbons (Fsp3) is 0.0909. The summed E-state index contributed by atoms with van der Waals surface area (Å²) in [7, 11) is 0. The van der Waals surface area contributed by atoms with Crippen LogP contribution < -0.4 is 5.73 Å². The van der Waals surface area contributed by atoms with Crippen LogP contribution in [-0.4, -0.2) is 0 Å². The Balaban J connectivity index is 2.37. The van der Waals surface area contributed by atoms with Crippen molar-refractivity contribution < 1.29 is 4.39 Å². The maximum atomic E-state index is 13.1. The van der Waals surface area contributed by atoms with E-state index in [4.69, 9.17) is 17.3 Å². The van der Waals surface area contributed by atoms with Crippen LogP contribution in [0.15, 0.2) is 35.0 Å². The summed E-state index contributed by atoms with van der Waals surface area (Å²) in [5.41, 5.74) is 7.65. The lowest BCUT2D eigenvalue weighted by atomic mass is 10.0. The van der Waals surface area contributed by atoms with Gasteiger partial charge in [-0.1, -0.05) is 11.6 Å². The van der Waals surface area contributed by atoms with Gasteiger partial charge >= 0.3 is 0 Å². The summed E-state index contributed by atoms with van der Waals surface area (Å²) < 4.78 is 13.1. The molecule has 1 aromatic carbocycles. The van der Waals surface area contributed by atoms with Gasteiger partial charge in [0.25, 0.3) is 0 Å². The van der Waals surface area contributed by atoms with Crippen molar-refractivity contribution in [2.24, 2.45) is 5.73 Å². The van der Waals surface area contributed by atoms with E-state index in [1.165, 1.54) is 12.1 Å². The first-order valence-electron chi connectivity index (χ1n) is 4.40. The highest BCUT2D eigenvalue weighted by molar-refractivity contribution is 7.08. The highest BCUT2D eigenvalue weighted by atomic mass is 35.5. The summed E-state index contributed by atoms with van der Waals surface area (Å²) >= 11 is 7.33. The normalized spacial score (nSPS) is 12.7. The van der Waals surface area contributed by atoms with Crippen LogP contribution in [0.5, 0.6) is 0 Å². The van der Waals surface area contributed by atoms with Gasteiger partial charge in [0.05, 0.1) is 6.04 Å². The molecule has 0 amide bonds. The summed E-state index contributed by atoms with van der Waals surface area (Å²) in [5.74, 6) is -0.358. The molecule has 0 unspecified atom stereocenters. The fourth-order valence-corrected chi connectivity index (χ4v) is 2.33. The monoisotopic (exact) mass is 241 g/mol. The highest BCUT2D eigenvalue weighted by Gasteiger charge is 2.10. The van der Waals surface area contributed by atoms with Crippen LogP contribution >= 0.6 is 22.9 Å². The molecule has 0 aliphatic carbocycles. The van der Waals surface area contributed by atoms with Crippen molar-refractivity contribution in [1.82, 2.24) is 0 Å². The molecule has 0 saturated carbocycles. The van der Waals surface area contributed by atoms with Gasteiger partial charge in [-0.2, -0.15) is 11.3 Å². The minimum Gasteiger partial charge on any atom is -0.320 e. The predicted octanol–water partition coefficient (Wildman–Crippen LogP) is 3.59. The molecule has 1 heterocycles. The zero-order valence-electron chi connectivity index (χ0n) is 7.78. The van der Waals surface area contributed by atoms with E-state index in [1.807, 2.05) is 16.8 Å². The standard InChI is InChI=1S/C11H9ClFNS/c12-9-3-8(4-10(13)5-9)11(14)7-1-2-15-6-7/h1-6,11H,14H2/t11-/m0/s1. The first-order chi connectivity index (χ1) is 7.16. The van der Waals surface area contributed by atoms with Crippen LogP contribution in [0.25, 0.3) is 0 Å². The lowest BCUT2D eigenvalue weighted by molar-refractivity contribution is 0.624. The Labute approximate surface area is 96.3 Å². The minimum absolute atomic E-state index is 0.315. The highest BCUT2D eigenvalue weighted by Crippen LogP contribution is 2.24. The van der Waals surface area contributed by atoms with Gasteiger partial charge in [0.15, 0.2) is 0 Å². The number of nitrogens with two attached hydrogens (primary N) is 1. The average Bonchev–Trinajstić information content (AvgIpc) is 2.67. The molecule has 0 saturated heterocycles. The Bertz CT molecular complexity index is 435. The van der Waals surface area contributed by atoms with Gasteiger partial charge in [0, 0.05) is 5.02 Å². The Hall–Kier alpha value is -0.900. The molecule has 0 spiro atoms. The van der Waals surface area contributed by atoms with Crippen molar-refractivity contribution in [2.75, 3.05) is 0 Å². The lowest BCUT2D eigenvalue weighted by Crippen LogP contribution is -2.11. The van der Waals surface area contributed by atoms with Gasteiger partial charge in [0.1, 0.15) is 5.82 Å². The second-order valence-corrected chi connectivity index (χ2v) is 4.45. The third kappa shape index (κ3) is 2.37. The van der Waals surface area contributed by atoms with Gasteiger partial charge in [-0.25, -0.2) is 4.39 Å². The summed E-state index contributed by atoms with van der Waals surface area (Å²) in [6.45, 7) is 0. The summed E-state index contributed by atoms with van der Waals surface area (Å²) in [6, 6.07) is 5.98. The number of benzene rings is 1. The smallest absolute Gasteiger partial charge is 0.125 e. The molecule has 2 N–H and O–H groups in total. The molecule has 0 bridgehead atoms. The molecule has 2 aromatic rings. The van der Waals surface area contributed by atoms with E-state index in [1.54, 1.807) is 17.4 Å². The van der Waals surface area contributed by atoms with Crippen molar-refractivity contribution in [3.63, 3.8) is 0 Å². The van der Waals surface area contributed by atoms with Crippen LogP contribution in [0.4, 0.5) is 4.39 Å². The zero-order chi connectivity index (χ0) is 10.8. The van der Waals surface area contributed by atoms with Crippen LogP contribution in [0.3, 0.4) is 0 Å².